The lowest BCUT2D eigenvalue weighted by Gasteiger charge is -2.35. The molecule has 4 nitrogen and oxygen atoms in total. The summed E-state index contributed by atoms with van der Waals surface area (Å²) >= 11 is 0. The maximum atomic E-state index is 4.41. The van der Waals surface area contributed by atoms with Gasteiger partial charge in [0.1, 0.15) is 0 Å². The third kappa shape index (κ3) is 2.39. The molecule has 1 aliphatic rings. The SMILES string of the molecule is CNCc1ccc(N2c3ccccc3CCC2C)nn1. The Morgan fingerprint density at radius 1 is 1.20 bits per heavy atom. The van der Waals surface area contributed by atoms with Crippen molar-refractivity contribution in [1.82, 2.24) is 15.5 Å². The van der Waals surface area contributed by atoms with Crippen LogP contribution in [0.5, 0.6) is 0 Å². The van der Waals surface area contributed by atoms with Crippen LogP contribution in [0.1, 0.15) is 24.6 Å². The molecule has 2 heterocycles. The quantitative estimate of drug-likeness (QED) is 0.929. The van der Waals surface area contributed by atoms with Crippen LogP contribution in [0.2, 0.25) is 0 Å². The third-order valence-electron chi connectivity index (χ3n) is 3.83. The molecule has 0 fully saturated rings. The van der Waals surface area contributed by atoms with Gasteiger partial charge in [0.2, 0.25) is 0 Å². The van der Waals surface area contributed by atoms with Crippen LogP contribution < -0.4 is 10.2 Å². The van der Waals surface area contributed by atoms with E-state index in [0.29, 0.717) is 6.04 Å². The Balaban J connectivity index is 1.96. The number of aromatic nitrogens is 2. The van der Waals surface area contributed by atoms with Crippen LogP contribution in [0.4, 0.5) is 11.5 Å². The normalized spacial score (nSPS) is 17.9. The molecular weight excluding hydrogens is 248 g/mol. The molecule has 1 atom stereocenters. The number of nitrogens with zero attached hydrogens (tertiary/aromatic N) is 3. The van der Waals surface area contributed by atoms with Crippen molar-refractivity contribution in [2.24, 2.45) is 0 Å². The molecule has 0 radical (unpaired) electrons. The molecule has 104 valence electrons. The average molecular weight is 268 g/mol. The minimum absolute atomic E-state index is 0.453. The lowest BCUT2D eigenvalue weighted by atomic mass is 9.97. The fraction of sp³-hybridized carbons (Fsp3) is 0.375. The highest BCUT2D eigenvalue weighted by Gasteiger charge is 2.24. The van der Waals surface area contributed by atoms with Crippen LogP contribution in [0.15, 0.2) is 36.4 Å². The summed E-state index contributed by atoms with van der Waals surface area (Å²) in [5.41, 5.74) is 3.63. The van der Waals surface area contributed by atoms with Crippen LogP contribution in [-0.4, -0.2) is 23.3 Å². The van der Waals surface area contributed by atoms with Crippen molar-refractivity contribution >= 4 is 11.5 Å². The summed E-state index contributed by atoms with van der Waals surface area (Å²) < 4.78 is 0. The second-order valence-electron chi connectivity index (χ2n) is 5.30. The number of para-hydroxylation sites is 1. The van der Waals surface area contributed by atoms with Gasteiger partial charge in [-0.05, 0) is 50.6 Å². The Hall–Kier alpha value is -1.94. The molecule has 20 heavy (non-hydrogen) atoms. The average Bonchev–Trinajstić information content (AvgIpc) is 2.49. The van der Waals surface area contributed by atoms with Crippen molar-refractivity contribution in [1.29, 1.82) is 0 Å². The van der Waals surface area contributed by atoms with E-state index in [4.69, 9.17) is 0 Å². The molecule has 1 aromatic carbocycles. The maximum absolute atomic E-state index is 4.41. The first-order valence-corrected chi connectivity index (χ1v) is 7.14. The van der Waals surface area contributed by atoms with Crippen LogP contribution in [-0.2, 0) is 13.0 Å². The molecule has 0 aliphatic carbocycles. The van der Waals surface area contributed by atoms with Crippen molar-refractivity contribution < 1.29 is 0 Å². The van der Waals surface area contributed by atoms with E-state index in [-0.39, 0.29) is 0 Å². The summed E-state index contributed by atoms with van der Waals surface area (Å²) in [5, 5.41) is 11.8. The number of nitrogens with one attached hydrogen (secondary N) is 1. The van der Waals surface area contributed by atoms with Crippen molar-refractivity contribution in [3.8, 4) is 0 Å². The van der Waals surface area contributed by atoms with Crippen LogP contribution >= 0.6 is 0 Å². The second kappa shape index (κ2) is 5.59. The number of hydrogen-bond acceptors (Lipinski definition) is 4. The molecule has 2 aromatic rings. The van der Waals surface area contributed by atoms with E-state index in [2.05, 4.69) is 57.7 Å². The molecule has 0 amide bonds. The van der Waals surface area contributed by atoms with Crippen LogP contribution in [0.3, 0.4) is 0 Å². The van der Waals surface area contributed by atoms with E-state index in [9.17, 15) is 0 Å². The molecule has 1 N–H and O–H groups in total. The maximum Gasteiger partial charge on any atom is 0.155 e. The molecule has 1 aromatic heterocycles. The number of anilines is 2. The fourth-order valence-corrected chi connectivity index (χ4v) is 2.79. The first kappa shape index (κ1) is 13.1. The molecule has 4 heteroatoms. The fourth-order valence-electron chi connectivity index (χ4n) is 2.79. The van der Waals surface area contributed by atoms with Gasteiger partial charge in [0, 0.05) is 18.3 Å². The topological polar surface area (TPSA) is 41.0 Å². The van der Waals surface area contributed by atoms with Gasteiger partial charge in [-0.3, -0.25) is 0 Å². The van der Waals surface area contributed by atoms with Crippen molar-refractivity contribution in [2.75, 3.05) is 11.9 Å². The zero-order valence-electron chi connectivity index (χ0n) is 12.0. The Kier molecular flexibility index (Phi) is 3.65. The molecule has 0 saturated heterocycles. The van der Waals surface area contributed by atoms with Crippen molar-refractivity contribution in [2.45, 2.75) is 32.4 Å². The lowest BCUT2D eigenvalue weighted by Crippen LogP contribution is -2.34. The van der Waals surface area contributed by atoms with Gasteiger partial charge in [0.25, 0.3) is 0 Å². The van der Waals surface area contributed by atoms with Gasteiger partial charge in [-0.15, -0.1) is 5.10 Å². The van der Waals surface area contributed by atoms with Gasteiger partial charge in [-0.25, -0.2) is 0 Å². The van der Waals surface area contributed by atoms with Crippen molar-refractivity contribution in [3.05, 3.63) is 47.7 Å². The van der Waals surface area contributed by atoms with E-state index >= 15 is 0 Å². The monoisotopic (exact) mass is 268 g/mol. The van der Waals surface area contributed by atoms with Gasteiger partial charge in [-0.2, -0.15) is 5.10 Å². The van der Waals surface area contributed by atoms with Gasteiger partial charge in [-0.1, -0.05) is 18.2 Å². The predicted octanol–water partition coefficient (Wildman–Crippen LogP) is 2.67. The Morgan fingerprint density at radius 3 is 2.80 bits per heavy atom. The van der Waals surface area contributed by atoms with E-state index in [0.717, 1.165) is 30.9 Å². The molecule has 0 spiro atoms. The number of hydrogen-bond donors (Lipinski definition) is 1. The van der Waals surface area contributed by atoms with E-state index in [1.54, 1.807) is 0 Å². The van der Waals surface area contributed by atoms with Gasteiger partial charge in [0.15, 0.2) is 5.82 Å². The molecule has 0 saturated carbocycles. The number of aryl methyl sites for hydroxylation is 1. The van der Waals surface area contributed by atoms with Crippen LogP contribution in [0.25, 0.3) is 0 Å². The molecular formula is C16H20N4. The van der Waals surface area contributed by atoms with Gasteiger partial charge >= 0.3 is 0 Å². The summed E-state index contributed by atoms with van der Waals surface area (Å²) in [5.74, 6) is 0.935. The summed E-state index contributed by atoms with van der Waals surface area (Å²) in [6.07, 6.45) is 2.29. The minimum atomic E-state index is 0.453. The van der Waals surface area contributed by atoms with E-state index in [1.165, 1.54) is 11.3 Å². The van der Waals surface area contributed by atoms with E-state index < -0.39 is 0 Å². The van der Waals surface area contributed by atoms with Crippen molar-refractivity contribution in [3.63, 3.8) is 0 Å². The number of rotatable bonds is 3. The van der Waals surface area contributed by atoms with Gasteiger partial charge < -0.3 is 10.2 Å². The second-order valence-corrected chi connectivity index (χ2v) is 5.30. The highest BCUT2D eigenvalue weighted by atomic mass is 15.3. The zero-order chi connectivity index (χ0) is 13.9. The standard InChI is InChI=1S/C16H20N4/c1-12-7-8-13-5-3-4-6-15(13)20(12)16-10-9-14(11-17-2)18-19-16/h3-6,9-10,12,17H,7-8,11H2,1-2H3. The molecule has 0 bridgehead atoms. The lowest BCUT2D eigenvalue weighted by molar-refractivity contribution is 0.609. The number of benzene rings is 1. The Bertz CT molecular complexity index is 579. The highest BCUT2D eigenvalue weighted by Crippen LogP contribution is 2.35. The predicted molar refractivity (Wildman–Crippen MR) is 81.2 cm³/mol. The minimum Gasteiger partial charge on any atom is -0.322 e. The Morgan fingerprint density at radius 2 is 2.05 bits per heavy atom. The largest absolute Gasteiger partial charge is 0.322 e. The number of fused-ring (bicyclic) bond motifs is 1. The summed E-state index contributed by atoms with van der Waals surface area (Å²) in [6.45, 7) is 3.00. The highest BCUT2D eigenvalue weighted by molar-refractivity contribution is 5.66. The third-order valence-corrected chi connectivity index (χ3v) is 3.83. The zero-order valence-corrected chi connectivity index (χ0v) is 12.0. The molecule has 1 unspecified atom stereocenters. The summed E-state index contributed by atoms with van der Waals surface area (Å²) in [7, 11) is 1.92. The van der Waals surface area contributed by atoms with E-state index in [1.807, 2.05) is 13.1 Å². The smallest absolute Gasteiger partial charge is 0.155 e. The first-order chi connectivity index (χ1) is 9.79. The first-order valence-electron chi connectivity index (χ1n) is 7.14. The summed E-state index contributed by atoms with van der Waals surface area (Å²) in [6, 6.07) is 13.1. The molecule has 1 aliphatic heterocycles. The molecule has 3 rings (SSSR count). The Labute approximate surface area is 119 Å². The summed E-state index contributed by atoms with van der Waals surface area (Å²) in [4.78, 5) is 2.30. The van der Waals surface area contributed by atoms with Crippen LogP contribution in [0, 0.1) is 0 Å². The van der Waals surface area contributed by atoms with Gasteiger partial charge in [0.05, 0.1) is 5.69 Å².